The van der Waals surface area contributed by atoms with Gasteiger partial charge in [0.15, 0.2) is 5.60 Å². The van der Waals surface area contributed by atoms with E-state index in [9.17, 15) is 29.1 Å². The summed E-state index contributed by atoms with van der Waals surface area (Å²) in [6, 6.07) is 29.1. The molecule has 6 N–H and O–H groups in total. The molecule has 0 aliphatic carbocycles. The standard InChI is InChI=1S/C43H49N5O8/c1-28(45-39(51)35(48-41(53)56-42(2,3)4)25-30-19-21-32(22-20-30)55-27-31-15-9-6-10-16-31)37(49)46-36(38(50)44-24-23-29-13-7-5-8-14-29)26-43(54)33-17-11-12-18-34(33)47-40(43)52/h5-22,28,35-36,54H,23-27H2,1-4H3,(H,44,50)(H,45,51)(H,46,49)(H,47,52)(H,48,53)/t28-,35-,36-,43+/m0/s1. The lowest BCUT2D eigenvalue weighted by atomic mass is 9.88. The molecule has 0 radical (unpaired) electrons. The Morgan fingerprint density at radius 1 is 0.732 bits per heavy atom. The summed E-state index contributed by atoms with van der Waals surface area (Å²) in [5.41, 5.74) is 0.391. The Labute approximate surface area is 326 Å². The summed E-state index contributed by atoms with van der Waals surface area (Å²) < 4.78 is 11.3. The number of carbonyl (C=O) groups excluding carboxylic acids is 5. The van der Waals surface area contributed by atoms with E-state index in [1.54, 1.807) is 69.3 Å². The molecule has 4 aromatic carbocycles. The maximum atomic E-state index is 13.7. The van der Waals surface area contributed by atoms with E-state index < -0.39 is 65.5 Å². The fourth-order valence-corrected chi connectivity index (χ4v) is 6.14. The van der Waals surface area contributed by atoms with Crippen LogP contribution in [0.5, 0.6) is 5.75 Å². The molecule has 0 bridgehead atoms. The Balaban J connectivity index is 1.27. The molecule has 0 saturated carbocycles. The normalized spacial score (nSPS) is 16.3. The molecule has 13 nitrogen and oxygen atoms in total. The van der Waals surface area contributed by atoms with E-state index in [2.05, 4.69) is 26.6 Å². The van der Waals surface area contributed by atoms with Gasteiger partial charge < -0.3 is 41.2 Å². The minimum Gasteiger partial charge on any atom is -0.489 e. The monoisotopic (exact) mass is 763 g/mol. The van der Waals surface area contributed by atoms with E-state index in [1.807, 2.05) is 60.7 Å². The highest BCUT2D eigenvalue weighted by Crippen LogP contribution is 2.39. The second-order valence-corrected chi connectivity index (χ2v) is 14.7. The number of para-hydroxylation sites is 1. The summed E-state index contributed by atoms with van der Waals surface area (Å²) in [5.74, 6) is -2.18. The summed E-state index contributed by atoms with van der Waals surface area (Å²) in [7, 11) is 0. The number of fused-ring (bicyclic) bond motifs is 1. The first-order valence-electron chi connectivity index (χ1n) is 18.5. The summed E-state index contributed by atoms with van der Waals surface area (Å²) in [6.07, 6.45) is -0.754. The predicted molar refractivity (Wildman–Crippen MR) is 210 cm³/mol. The molecule has 0 unspecified atom stereocenters. The van der Waals surface area contributed by atoms with Crippen molar-refractivity contribution in [1.82, 2.24) is 21.3 Å². The van der Waals surface area contributed by atoms with Crippen LogP contribution in [0, 0.1) is 0 Å². The van der Waals surface area contributed by atoms with Crippen molar-refractivity contribution in [3.8, 4) is 5.75 Å². The highest BCUT2D eigenvalue weighted by atomic mass is 16.6. The predicted octanol–water partition coefficient (Wildman–Crippen LogP) is 4.28. The minimum atomic E-state index is -2.12. The first kappa shape index (κ1) is 41.0. The van der Waals surface area contributed by atoms with Crippen molar-refractivity contribution in [3.63, 3.8) is 0 Å². The molecule has 294 valence electrons. The second kappa shape index (κ2) is 18.4. The van der Waals surface area contributed by atoms with Crippen LogP contribution in [0.25, 0.3) is 0 Å². The molecular formula is C43H49N5O8. The van der Waals surface area contributed by atoms with Crippen LogP contribution >= 0.6 is 0 Å². The lowest BCUT2D eigenvalue weighted by molar-refractivity contribution is -0.139. The number of rotatable bonds is 16. The molecule has 4 aromatic rings. The molecule has 56 heavy (non-hydrogen) atoms. The average Bonchev–Trinajstić information content (AvgIpc) is 3.42. The smallest absolute Gasteiger partial charge is 0.408 e. The van der Waals surface area contributed by atoms with Crippen LogP contribution in [0.3, 0.4) is 0 Å². The molecule has 1 heterocycles. The van der Waals surface area contributed by atoms with Crippen molar-refractivity contribution in [3.05, 3.63) is 131 Å². The van der Waals surface area contributed by atoms with Crippen molar-refractivity contribution in [2.24, 2.45) is 0 Å². The zero-order chi connectivity index (χ0) is 40.3. The molecular weight excluding hydrogens is 714 g/mol. The molecule has 13 heteroatoms. The van der Waals surface area contributed by atoms with Crippen molar-refractivity contribution >= 4 is 35.4 Å². The first-order valence-corrected chi connectivity index (χ1v) is 18.5. The van der Waals surface area contributed by atoms with Gasteiger partial charge in [0, 0.05) is 30.6 Å². The Bertz CT molecular complexity index is 1980. The quantitative estimate of drug-likeness (QED) is 0.0978. The molecule has 1 aliphatic heterocycles. The number of hydrogen-bond acceptors (Lipinski definition) is 8. The third kappa shape index (κ3) is 11.4. The van der Waals surface area contributed by atoms with Gasteiger partial charge >= 0.3 is 6.09 Å². The van der Waals surface area contributed by atoms with Gasteiger partial charge in [-0.3, -0.25) is 19.2 Å². The Kier molecular flexibility index (Phi) is 13.5. The lowest BCUT2D eigenvalue weighted by Gasteiger charge is -2.28. The fraction of sp³-hybridized carbons (Fsp3) is 0.326. The molecule has 5 rings (SSSR count). The Morgan fingerprint density at radius 3 is 2.02 bits per heavy atom. The van der Waals surface area contributed by atoms with Crippen LogP contribution in [-0.2, 0) is 49.0 Å². The van der Waals surface area contributed by atoms with E-state index >= 15 is 0 Å². The van der Waals surface area contributed by atoms with Gasteiger partial charge in [-0.2, -0.15) is 0 Å². The van der Waals surface area contributed by atoms with Gasteiger partial charge in [0.1, 0.15) is 36.1 Å². The number of aliphatic hydroxyl groups is 1. The largest absolute Gasteiger partial charge is 0.489 e. The molecule has 0 aromatic heterocycles. The SMILES string of the molecule is C[C@H](NC(=O)[C@H](Cc1ccc(OCc2ccccc2)cc1)NC(=O)OC(C)(C)C)C(=O)N[C@@H](C[C@]1(O)C(=O)Nc2ccccc21)C(=O)NCCc1ccccc1. The van der Waals surface area contributed by atoms with E-state index in [1.165, 1.54) is 6.92 Å². The zero-order valence-corrected chi connectivity index (χ0v) is 32.0. The second-order valence-electron chi connectivity index (χ2n) is 14.7. The molecule has 1 aliphatic rings. The van der Waals surface area contributed by atoms with Gasteiger partial charge in [-0.15, -0.1) is 0 Å². The van der Waals surface area contributed by atoms with Crippen LogP contribution in [0.1, 0.15) is 56.4 Å². The first-order chi connectivity index (χ1) is 26.7. The number of benzene rings is 4. The minimum absolute atomic E-state index is 0.0480. The Morgan fingerprint density at radius 2 is 1.36 bits per heavy atom. The molecule has 0 saturated heterocycles. The number of ether oxygens (including phenoxy) is 2. The fourth-order valence-electron chi connectivity index (χ4n) is 6.14. The lowest BCUT2D eigenvalue weighted by Crippen LogP contribution is -2.57. The highest BCUT2D eigenvalue weighted by molar-refractivity contribution is 6.05. The molecule has 0 fully saturated rings. The van der Waals surface area contributed by atoms with Crippen molar-refractivity contribution in [2.45, 2.75) is 82.9 Å². The van der Waals surface area contributed by atoms with Crippen molar-refractivity contribution < 1.29 is 38.6 Å². The molecule has 0 spiro atoms. The topological polar surface area (TPSA) is 184 Å². The zero-order valence-electron chi connectivity index (χ0n) is 32.0. The average molecular weight is 764 g/mol. The number of nitrogens with one attached hydrogen (secondary N) is 5. The van der Waals surface area contributed by atoms with E-state index in [0.29, 0.717) is 30.0 Å². The van der Waals surface area contributed by atoms with Crippen molar-refractivity contribution in [2.75, 3.05) is 11.9 Å². The van der Waals surface area contributed by atoms with Crippen LogP contribution in [0.2, 0.25) is 0 Å². The van der Waals surface area contributed by atoms with E-state index in [-0.39, 0.29) is 18.5 Å². The summed E-state index contributed by atoms with van der Waals surface area (Å²) in [5, 5.41) is 24.9. The third-order valence-electron chi connectivity index (χ3n) is 9.06. The van der Waals surface area contributed by atoms with E-state index in [0.717, 1.165) is 11.1 Å². The van der Waals surface area contributed by atoms with Gasteiger partial charge in [0.05, 0.1) is 0 Å². The van der Waals surface area contributed by atoms with Gasteiger partial charge in [0.2, 0.25) is 17.7 Å². The number of alkyl carbamates (subject to hydrolysis) is 1. The van der Waals surface area contributed by atoms with E-state index in [4.69, 9.17) is 9.47 Å². The van der Waals surface area contributed by atoms with Crippen molar-refractivity contribution in [1.29, 1.82) is 0 Å². The maximum Gasteiger partial charge on any atom is 0.408 e. The summed E-state index contributed by atoms with van der Waals surface area (Å²) in [6.45, 7) is 7.11. The molecule has 4 atom stereocenters. The third-order valence-corrected chi connectivity index (χ3v) is 9.06. The van der Waals surface area contributed by atoms with Crippen LogP contribution in [-0.4, -0.2) is 65.1 Å². The Hall–Kier alpha value is -6.21. The van der Waals surface area contributed by atoms with Crippen LogP contribution in [0.4, 0.5) is 10.5 Å². The molecule has 5 amide bonds. The van der Waals surface area contributed by atoms with Crippen LogP contribution in [0.15, 0.2) is 109 Å². The van der Waals surface area contributed by atoms with Crippen LogP contribution < -0.4 is 31.3 Å². The number of carbonyl (C=O) groups is 5. The van der Waals surface area contributed by atoms with Gasteiger partial charge in [-0.25, -0.2) is 4.79 Å². The number of anilines is 1. The summed E-state index contributed by atoms with van der Waals surface area (Å²) in [4.78, 5) is 67.0. The van der Waals surface area contributed by atoms with Gasteiger partial charge in [-0.1, -0.05) is 91.0 Å². The van der Waals surface area contributed by atoms with Gasteiger partial charge in [0.25, 0.3) is 5.91 Å². The number of hydrogen-bond donors (Lipinski definition) is 6. The highest BCUT2D eigenvalue weighted by Gasteiger charge is 2.48. The summed E-state index contributed by atoms with van der Waals surface area (Å²) >= 11 is 0. The maximum absolute atomic E-state index is 13.7. The number of amides is 5. The van der Waals surface area contributed by atoms with Gasteiger partial charge in [-0.05, 0) is 69.0 Å².